The van der Waals surface area contributed by atoms with Crippen LogP contribution in [0.5, 0.6) is 0 Å². The summed E-state index contributed by atoms with van der Waals surface area (Å²) in [7, 11) is 0. The van der Waals surface area contributed by atoms with Crippen LogP contribution in [0.1, 0.15) is 12.1 Å². The van der Waals surface area contributed by atoms with E-state index in [2.05, 4.69) is 15.3 Å². The molecule has 2 fully saturated rings. The Morgan fingerprint density at radius 1 is 1.27 bits per heavy atom. The smallest absolute Gasteiger partial charge is 0.322 e. The van der Waals surface area contributed by atoms with Gasteiger partial charge in [0.2, 0.25) is 0 Å². The molecule has 0 spiro atoms. The highest BCUT2D eigenvalue weighted by Crippen LogP contribution is 2.47. The number of rotatable bonds is 2. The summed E-state index contributed by atoms with van der Waals surface area (Å²) in [5, 5.41) is 7.29. The van der Waals surface area contributed by atoms with E-state index in [1.54, 1.807) is 4.90 Å². The van der Waals surface area contributed by atoms with Gasteiger partial charge in [0.15, 0.2) is 0 Å². The molecule has 3 heterocycles. The van der Waals surface area contributed by atoms with Crippen molar-refractivity contribution in [1.82, 2.24) is 14.7 Å². The van der Waals surface area contributed by atoms with Crippen molar-refractivity contribution in [3.05, 3.63) is 40.9 Å². The van der Waals surface area contributed by atoms with Crippen molar-refractivity contribution in [3.63, 3.8) is 0 Å². The Kier molecular flexibility index (Phi) is 3.60. The van der Waals surface area contributed by atoms with Crippen LogP contribution in [0.3, 0.4) is 0 Å². The molecule has 136 valence electrons. The molecule has 5 rings (SSSR count). The van der Waals surface area contributed by atoms with E-state index in [9.17, 15) is 9.18 Å². The van der Waals surface area contributed by atoms with Gasteiger partial charge in [-0.2, -0.15) is 5.10 Å². The minimum atomic E-state index is -0.500. The maximum Gasteiger partial charge on any atom is 0.322 e. The molecule has 1 saturated carbocycles. The summed E-state index contributed by atoms with van der Waals surface area (Å²) in [6.45, 7) is 3.98. The van der Waals surface area contributed by atoms with E-state index in [4.69, 9.17) is 11.6 Å². The summed E-state index contributed by atoms with van der Waals surface area (Å²) in [6, 6.07) is 3.97. The van der Waals surface area contributed by atoms with Gasteiger partial charge in [-0.1, -0.05) is 11.6 Å². The van der Waals surface area contributed by atoms with Gasteiger partial charge in [0.1, 0.15) is 5.82 Å². The van der Waals surface area contributed by atoms with Gasteiger partial charge < -0.3 is 15.1 Å². The Hall–Kier alpha value is -2.28. The summed E-state index contributed by atoms with van der Waals surface area (Å²) in [4.78, 5) is 16.8. The fraction of sp³-hybridized carbons (Fsp3) is 0.444. The second kappa shape index (κ2) is 5.87. The van der Waals surface area contributed by atoms with Crippen molar-refractivity contribution in [2.24, 2.45) is 11.8 Å². The first-order valence-electron chi connectivity index (χ1n) is 8.89. The van der Waals surface area contributed by atoms with Gasteiger partial charge in [0.25, 0.3) is 0 Å². The van der Waals surface area contributed by atoms with Gasteiger partial charge in [0, 0.05) is 25.3 Å². The fourth-order valence-electron chi connectivity index (χ4n) is 4.04. The molecule has 1 saturated heterocycles. The van der Waals surface area contributed by atoms with Gasteiger partial charge in [-0.15, -0.1) is 0 Å². The maximum absolute atomic E-state index is 13.3. The zero-order chi connectivity index (χ0) is 17.8. The average molecular weight is 376 g/mol. The number of benzene rings is 1. The first-order valence-corrected chi connectivity index (χ1v) is 9.27. The molecule has 26 heavy (non-hydrogen) atoms. The van der Waals surface area contributed by atoms with E-state index in [0.717, 1.165) is 36.3 Å². The Balaban J connectivity index is 1.31. The zero-order valence-corrected chi connectivity index (χ0v) is 14.9. The van der Waals surface area contributed by atoms with Crippen LogP contribution in [0, 0.1) is 17.7 Å². The highest BCUT2D eigenvalue weighted by Gasteiger charge is 2.46. The first-order chi connectivity index (χ1) is 12.6. The molecule has 1 aliphatic carbocycles. The molecule has 6 nitrogen and oxygen atoms in total. The van der Waals surface area contributed by atoms with E-state index in [1.165, 1.54) is 24.6 Å². The van der Waals surface area contributed by atoms with Crippen molar-refractivity contribution in [1.29, 1.82) is 0 Å². The minimum absolute atomic E-state index is 0.00518. The lowest BCUT2D eigenvalue weighted by Gasteiger charge is -2.30. The summed E-state index contributed by atoms with van der Waals surface area (Å²) >= 11 is 5.79. The van der Waals surface area contributed by atoms with Crippen molar-refractivity contribution in [3.8, 4) is 0 Å². The number of aromatic nitrogens is 2. The zero-order valence-electron chi connectivity index (χ0n) is 14.2. The van der Waals surface area contributed by atoms with Gasteiger partial charge in [0.05, 0.1) is 35.7 Å². The summed E-state index contributed by atoms with van der Waals surface area (Å²) in [6.07, 6.45) is 3.29. The van der Waals surface area contributed by atoms with E-state index in [-0.39, 0.29) is 11.1 Å². The molecule has 0 bridgehead atoms. The highest BCUT2D eigenvalue weighted by atomic mass is 35.5. The molecule has 1 aromatic carbocycles. The fourth-order valence-corrected chi connectivity index (χ4v) is 4.22. The molecule has 8 heteroatoms. The SMILES string of the molecule is O=C(Nc1ccc(F)c(Cl)c1)N1CCn2ncc(N3CC4CC4C3)c2C1. The first kappa shape index (κ1) is 15.9. The van der Waals surface area contributed by atoms with Gasteiger partial charge in [-0.3, -0.25) is 4.68 Å². The van der Waals surface area contributed by atoms with Crippen LogP contribution in [0.15, 0.2) is 24.4 Å². The minimum Gasteiger partial charge on any atom is -0.368 e. The number of amides is 2. The lowest BCUT2D eigenvalue weighted by Crippen LogP contribution is -2.41. The quantitative estimate of drug-likeness (QED) is 0.877. The average Bonchev–Trinajstić information content (AvgIpc) is 3.05. The number of hydrogen-bond donors (Lipinski definition) is 1. The molecule has 2 amide bonds. The predicted octanol–water partition coefficient (Wildman–Crippen LogP) is 3.18. The molecule has 2 aromatic rings. The molecular weight excluding hydrogens is 357 g/mol. The van der Waals surface area contributed by atoms with E-state index in [0.29, 0.717) is 25.3 Å². The number of anilines is 2. The summed E-state index contributed by atoms with van der Waals surface area (Å²) < 4.78 is 15.3. The molecule has 2 atom stereocenters. The van der Waals surface area contributed by atoms with Gasteiger partial charge in [-0.25, -0.2) is 9.18 Å². The second-order valence-corrected chi connectivity index (χ2v) is 7.75. The lowest BCUT2D eigenvalue weighted by molar-refractivity contribution is 0.194. The molecule has 3 aliphatic rings. The normalized spacial score (nSPS) is 23.6. The van der Waals surface area contributed by atoms with E-state index < -0.39 is 5.82 Å². The number of nitrogens with zero attached hydrogens (tertiary/aromatic N) is 4. The van der Waals surface area contributed by atoms with Crippen LogP contribution in [0.25, 0.3) is 0 Å². The van der Waals surface area contributed by atoms with E-state index >= 15 is 0 Å². The number of carbonyl (C=O) groups excluding carboxylic acids is 1. The molecule has 1 N–H and O–H groups in total. The monoisotopic (exact) mass is 375 g/mol. The van der Waals surface area contributed by atoms with Crippen molar-refractivity contribution in [2.75, 3.05) is 29.9 Å². The number of carbonyl (C=O) groups is 1. The number of halogens is 2. The third-order valence-corrected chi connectivity index (χ3v) is 5.92. The number of hydrogen-bond acceptors (Lipinski definition) is 3. The topological polar surface area (TPSA) is 53.4 Å². The number of fused-ring (bicyclic) bond motifs is 2. The lowest BCUT2D eigenvalue weighted by atomic mass is 10.2. The predicted molar refractivity (Wildman–Crippen MR) is 96.9 cm³/mol. The molecule has 2 unspecified atom stereocenters. The van der Waals surface area contributed by atoms with Crippen LogP contribution >= 0.6 is 11.6 Å². The summed E-state index contributed by atoms with van der Waals surface area (Å²) in [5.74, 6) is 1.19. The maximum atomic E-state index is 13.3. The standard InChI is InChI=1S/C18H19ClFN5O/c19-14-6-13(1-2-15(14)20)22-18(26)23-3-4-25-17(10-23)16(7-21-25)24-8-11-5-12(11)9-24/h1-2,6-7,11-12H,3-5,8-10H2,(H,22,26). The van der Waals surface area contributed by atoms with Gasteiger partial charge in [-0.05, 0) is 36.5 Å². The third kappa shape index (κ3) is 2.70. The molecule has 1 aromatic heterocycles. The van der Waals surface area contributed by atoms with Crippen molar-refractivity contribution < 1.29 is 9.18 Å². The molecule has 0 radical (unpaired) electrons. The second-order valence-electron chi connectivity index (χ2n) is 7.34. The van der Waals surface area contributed by atoms with Crippen LogP contribution in [0.2, 0.25) is 5.02 Å². The number of urea groups is 1. The van der Waals surface area contributed by atoms with Crippen LogP contribution in [-0.4, -0.2) is 40.3 Å². The largest absolute Gasteiger partial charge is 0.368 e. The number of piperidine rings is 1. The Labute approximate surface area is 155 Å². The molecule has 2 aliphatic heterocycles. The number of nitrogens with one attached hydrogen (secondary N) is 1. The Morgan fingerprint density at radius 3 is 2.85 bits per heavy atom. The van der Waals surface area contributed by atoms with Gasteiger partial charge >= 0.3 is 6.03 Å². The van der Waals surface area contributed by atoms with Crippen LogP contribution in [-0.2, 0) is 13.1 Å². The Bertz CT molecular complexity index is 874. The Morgan fingerprint density at radius 2 is 2.08 bits per heavy atom. The van der Waals surface area contributed by atoms with Crippen molar-refractivity contribution >= 4 is 29.0 Å². The third-order valence-electron chi connectivity index (χ3n) is 5.63. The molecular formula is C18H19ClFN5O. The van der Waals surface area contributed by atoms with Crippen LogP contribution in [0.4, 0.5) is 20.6 Å². The van der Waals surface area contributed by atoms with Crippen LogP contribution < -0.4 is 10.2 Å². The van der Waals surface area contributed by atoms with E-state index in [1.807, 2.05) is 10.9 Å². The summed E-state index contributed by atoms with van der Waals surface area (Å²) in [5.41, 5.74) is 2.73. The highest BCUT2D eigenvalue weighted by molar-refractivity contribution is 6.31. The van der Waals surface area contributed by atoms with Crippen molar-refractivity contribution in [2.45, 2.75) is 19.5 Å².